The Labute approximate surface area is 150 Å². The molecule has 134 valence electrons. The van der Waals surface area contributed by atoms with Gasteiger partial charge in [-0.3, -0.25) is 0 Å². The molecule has 0 saturated heterocycles. The Morgan fingerprint density at radius 3 is 2.42 bits per heavy atom. The van der Waals surface area contributed by atoms with Gasteiger partial charge in [0.2, 0.25) is 0 Å². The van der Waals surface area contributed by atoms with Crippen molar-refractivity contribution >= 4 is 0 Å². The lowest BCUT2D eigenvalue weighted by atomic mass is 9.75. The van der Waals surface area contributed by atoms with E-state index >= 15 is 0 Å². The Morgan fingerprint density at radius 1 is 0.833 bits per heavy atom. The minimum Gasteiger partial charge on any atom is -0.0654 e. The molecule has 2 aliphatic carbocycles. The van der Waals surface area contributed by atoms with E-state index in [9.17, 15) is 0 Å². The van der Waals surface area contributed by atoms with Crippen LogP contribution in [0.3, 0.4) is 0 Å². The van der Waals surface area contributed by atoms with Crippen LogP contribution in [0.15, 0.2) is 18.2 Å². The van der Waals surface area contributed by atoms with Gasteiger partial charge in [0, 0.05) is 0 Å². The average molecular weight is 327 g/mol. The van der Waals surface area contributed by atoms with Crippen LogP contribution in [0.4, 0.5) is 0 Å². The molecule has 1 saturated carbocycles. The largest absolute Gasteiger partial charge is 0.0654 e. The van der Waals surface area contributed by atoms with Crippen LogP contribution < -0.4 is 0 Å². The Balaban J connectivity index is 1.50. The molecule has 0 amide bonds. The molecule has 1 aromatic carbocycles. The molecule has 0 N–H and O–H groups in total. The first-order valence-corrected chi connectivity index (χ1v) is 10.9. The first-order chi connectivity index (χ1) is 11.8. The lowest BCUT2D eigenvalue weighted by molar-refractivity contribution is 0.302. The molecule has 0 heterocycles. The van der Waals surface area contributed by atoms with E-state index in [0.717, 1.165) is 17.8 Å². The summed E-state index contributed by atoms with van der Waals surface area (Å²) in [6.07, 6.45) is 18.5. The third kappa shape index (κ3) is 4.64. The van der Waals surface area contributed by atoms with Gasteiger partial charge in [0.15, 0.2) is 0 Å². The first-order valence-electron chi connectivity index (χ1n) is 10.9. The van der Waals surface area contributed by atoms with Crippen molar-refractivity contribution in [3.8, 4) is 0 Å². The van der Waals surface area contributed by atoms with E-state index in [-0.39, 0.29) is 0 Å². The zero-order valence-electron chi connectivity index (χ0n) is 16.2. The summed E-state index contributed by atoms with van der Waals surface area (Å²) in [7, 11) is 0. The van der Waals surface area contributed by atoms with Gasteiger partial charge in [0.05, 0.1) is 0 Å². The predicted octanol–water partition coefficient (Wildman–Crippen LogP) is 7.45. The lowest BCUT2D eigenvalue weighted by Crippen LogP contribution is -2.16. The summed E-state index contributed by atoms with van der Waals surface area (Å²) >= 11 is 0. The number of fused-ring (bicyclic) bond motifs is 1. The van der Waals surface area contributed by atoms with Gasteiger partial charge in [-0.2, -0.15) is 0 Å². The van der Waals surface area contributed by atoms with Gasteiger partial charge in [-0.25, -0.2) is 0 Å². The molecule has 0 spiro atoms. The molecule has 2 aliphatic rings. The highest BCUT2D eigenvalue weighted by Crippen LogP contribution is 2.39. The first kappa shape index (κ1) is 18.0. The maximum absolute atomic E-state index is 2.59. The zero-order chi connectivity index (χ0) is 16.8. The minimum absolute atomic E-state index is 0.853. The zero-order valence-corrected chi connectivity index (χ0v) is 16.2. The van der Waals surface area contributed by atoms with Crippen LogP contribution in [0.2, 0.25) is 0 Å². The lowest BCUT2D eigenvalue weighted by Gasteiger charge is -2.30. The van der Waals surface area contributed by atoms with E-state index in [2.05, 4.69) is 32.0 Å². The molecule has 1 atom stereocenters. The van der Waals surface area contributed by atoms with E-state index in [0.29, 0.717) is 0 Å². The van der Waals surface area contributed by atoms with E-state index in [4.69, 9.17) is 0 Å². The third-order valence-electron chi connectivity index (χ3n) is 6.92. The Bertz CT molecular complexity index is 493. The number of hydrogen-bond acceptors (Lipinski definition) is 0. The summed E-state index contributed by atoms with van der Waals surface area (Å²) in [4.78, 5) is 0. The third-order valence-corrected chi connectivity index (χ3v) is 6.92. The van der Waals surface area contributed by atoms with Crippen LogP contribution in [0, 0.1) is 11.8 Å². The Kier molecular flexibility index (Phi) is 6.81. The molecule has 0 nitrogen and oxygen atoms in total. The number of benzene rings is 1. The average Bonchev–Trinajstić information content (AvgIpc) is 2.65. The quantitative estimate of drug-likeness (QED) is 0.456. The summed E-state index contributed by atoms with van der Waals surface area (Å²) in [5, 5.41) is 0. The van der Waals surface area contributed by atoms with Gasteiger partial charge in [-0.15, -0.1) is 0 Å². The topological polar surface area (TPSA) is 0 Å². The van der Waals surface area contributed by atoms with Gasteiger partial charge in [0.25, 0.3) is 0 Å². The Hall–Kier alpha value is -0.780. The van der Waals surface area contributed by atoms with Crippen molar-refractivity contribution in [3.05, 3.63) is 34.9 Å². The van der Waals surface area contributed by atoms with Crippen LogP contribution >= 0.6 is 0 Å². The molecule has 0 heteroatoms. The van der Waals surface area contributed by atoms with Crippen LogP contribution in [-0.2, 0) is 12.8 Å². The highest BCUT2D eigenvalue weighted by Gasteiger charge is 2.24. The fourth-order valence-corrected chi connectivity index (χ4v) is 5.10. The molecule has 24 heavy (non-hydrogen) atoms. The second-order valence-corrected chi connectivity index (χ2v) is 8.61. The van der Waals surface area contributed by atoms with Gasteiger partial charge in [-0.05, 0) is 79.4 Å². The summed E-state index contributed by atoms with van der Waals surface area (Å²) in [6, 6.07) is 7.54. The molecule has 1 fully saturated rings. The van der Waals surface area contributed by atoms with E-state index in [1.54, 1.807) is 16.7 Å². The SMILES string of the molecule is CCCCCC[C@H]1CC[C@H](c2ccc3c(c2)CCC(CC)C3)CC1. The van der Waals surface area contributed by atoms with Crippen molar-refractivity contribution in [1.82, 2.24) is 0 Å². The van der Waals surface area contributed by atoms with Crippen LogP contribution in [0.25, 0.3) is 0 Å². The normalized spacial score (nSPS) is 27.0. The summed E-state index contributed by atoms with van der Waals surface area (Å²) in [5.41, 5.74) is 4.99. The molecule has 1 aromatic rings. The maximum Gasteiger partial charge on any atom is -0.0162 e. The van der Waals surface area contributed by atoms with E-state index in [1.807, 2.05) is 0 Å². The summed E-state index contributed by atoms with van der Waals surface area (Å²) < 4.78 is 0. The fraction of sp³-hybridized carbons (Fsp3) is 0.750. The van der Waals surface area contributed by atoms with Gasteiger partial charge < -0.3 is 0 Å². The fourth-order valence-electron chi connectivity index (χ4n) is 5.10. The van der Waals surface area contributed by atoms with E-state index in [1.165, 1.54) is 83.5 Å². The number of aryl methyl sites for hydroxylation is 1. The van der Waals surface area contributed by atoms with Crippen molar-refractivity contribution < 1.29 is 0 Å². The van der Waals surface area contributed by atoms with Crippen molar-refractivity contribution in [2.75, 3.05) is 0 Å². The standard InChI is InChI=1S/C24H38/c1-3-5-6-7-8-20-10-12-21(13-11-20)23-16-15-22-17-19(4-2)9-14-24(22)18-23/h15-16,18-21H,3-14,17H2,1-2H3/t19?,20-,21-. The smallest absolute Gasteiger partial charge is 0.0162 e. The molecule has 0 aliphatic heterocycles. The minimum atomic E-state index is 0.853. The second kappa shape index (κ2) is 9.07. The van der Waals surface area contributed by atoms with Crippen molar-refractivity contribution in [1.29, 1.82) is 0 Å². The second-order valence-electron chi connectivity index (χ2n) is 8.61. The summed E-state index contributed by atoms with van der Waals surface area (Å²) in [5.74, 6) is 2.82. The van der Waals surface area contributed by atoms with Crippen LogP contribution in [0.1, 0.15) is 107 Å². The molecule has 0 radical (unpaired) electrons. The van der Waals surface area contributed by atoms with Crippen LogP contribution in [-0.4, -0.2) is 0 Å². The van der Waals surface area contributed by atoms with Crippen LogP contribution in [0.5, 0.6) is 0 Å². The van der Waals surface area contributed by atoms with Crippen molar-refractivity contribution in [3.63, 3.8) is 0 Å². The molecule has 0 aromatic heterocycles. The van der Waals surface area contributed by atoms with Crippen molar-refractivity contribution in [2.45, 2.75) is 103 Å². The summed E-state index contributed by atoms with van der Waals surface area (Å²) in [6.45, 7) is 4.66. The Morgan fingerprint density at radius 2 is 1.67 bits per heavy atom. The monoisotopic (exact) mass is 326 g/mol. The molecule has 0 bridgehead atoms. The van der Waals surface area contributed by atoms with Crippen molar-refractivity contribution in [2.24, 2.45) is 11.8 Å². The van der Waals surface area contributed by atoms with E-state index < -0.39 is 0 Å². The van der Waals surface area contributed by atoms with Gasteiger partial charge in [-0.1, -0.05) is 70.6 Å². The van der Waals surface area contributed by atoms with Gasteiger partial charge in [0.1, 0.15) is 0 Å². The predicted molar refractivity (Wildman–Crippen MR) is 106 cm³/mol. The number of unbranched alkanes of at least 4 members (excludes halogenated alkanes) is 3. The maximum atomic E-state index is 2.59. The molecule has 1 unspecified atom stereocenters. The number of rotatable bonds is 7. The molecular formula is C24H38. The molecular weight excluding hydrogens is 288 g/mol. The van der Waals surface area contributed by atoms with Gasteiger partial charge >= 0.3 is 0 Å². The molecule has 3 rings (SSSR count). The highest BCUT2D eigenvalue weighted by molar-refractivity contribution is 5.36. The number of hydrogen-bond donors (Lipinski definition) is 0. The highest BCUT2D eigenvalue weighted by atomic mass is 14.3.